The molecule has 0 saturated carbocycles. The van der Waals surface area contributed by atoms with Gasteiger partial charge < -0.3 is 9.64 Å². The molecule has 0 aliphatic rings. The molecular formula is C8H16N2O3. The van der Waals surface area contributed by atoms with Gasteiger partial charge in [-0.15, -0.1) is 0 Å². The largest absolute Gasteiger partial charge is 0.462 e. The van der Waals surface area contributed by atoms with E-state index in [1.54, 1.807) is 7.05 Å². The highest BCUT2D eigenvalue weighted by Gasteiger charge is 2.24. The number of hydrogen-bond acceptors (Lipinski definition) is 4. The molecule has 0 aliphatic carbocycles. The van der Waals surface area contributed by atoms with Crippen molar-refractivity contribution in [2.75, 3.05) is 28.3 Å². The summed E-state index contributed by atoms with van der Waals surface area (Å²) < 4.78 is 4.31. The van der Waals surface area contributed by atoms with Crippen molar-refractivity contribution in [2.24, 2.45) is 0 Å². The van der Waals surface area contributed by atoms with E-state index < -0.39 is 11.9 Å². The van der Waals surface area contributed by atoms with Crippen LogP contribution in [0.4, 0.5) is 0 Å². The molecule has 0 N–H and O–H groups in total. The fourth-order valence-corrected chi connectivity index (χ4v) is 0.747. The molecule has 1 atom stereocenters. The molecule has 0 aromatic carbocycles. The van der Waals surface area contributed by atoms with Crippen LogP contribution in [0.1, 0.15) is 6.92 Å². The van der Waals surface area contributed by atoms with Gasteiger partial charge in [0.15, 0.2) is 0 Å². The molecule has 0 aromatic rings. The summed E-state index contributed by atoms with van der Waals surface area (Å²) >= 11 is 0. The monoisotopic (exact) mass is 188 g/mol. The summed E-state index contributed by atoms with van der Waals surface area (Å²) in [5.74, 6) is -1.47. The standard InChI is InChI=1S/C8H16N2O3/c1-6(9(2)3)10(4)7(11)8(12)13-5/h6H,1-5H3. The second-order valence-corrected chi connectivity index (χ2v) is 3.00. The topological polar surface area (TPSA) is 49.9 Å². The lowest BCUT2D eigenvalue weighted by molar-refractivity contribution is -0.159. The van der Waals surface area contributed by atoms with E-state index in [2.05, 4.69) is 4.74 Å². The molecule has 5 heteroatoms. The zero-order valence-corrected chi connectivity index (χ0v) is 8.70. The Kier molecular flexibility index (Phi) is 4.40. The first-order valence-electron chi connectivity index (χ1n) is 3.93. The predicted octanol–water partition coefficient (Wildman–Crippen LogP) is -0.475. The van der Waals surface area contributed by atoms with E-state index in [9.17, 15) is 9.59 Å². The lowest BCUT2D eigenvalue weighted by Crippen LogP contribution is -2.46. The van der Waals surface area contributed by atoms with E-state index >= 15 is 0 Å². The van der Waals surface area contributed by atoms with Gasteiger partial charge in [-0.1, -0.05) is 0 Å². The fourth-order valence-electron chi connectivity index (χ4n) is 0.747. The number of hydrogen-bond donors (Lipinski definition) is 0. The Morgan fingerprint density at radius 3 is 2.00 bits per heavy atom. The van der Waals surface area contributed by atoms with E-state index in [1.165, 1.54) is 12.0 Å². The second-order valence-electron chi connectivity index (χ2n) is 3.00. The molecule has 0 fully saturated rings. The predicted molar refractivity (Wildman–Crippen MR) is 47.9 cm³/mol. The minimum atomic E-state index is -0.837. The number of nitrogens with zero attached hydrogens (tertiary/aromatic N) is 2. The number of amides is 1. The van der Waals surface area contributed by atoms with Crippen LogP contribution >= 0.6 is 0 Å². The maximum absolute atomic E-state index is 11.2. The molecule has 0 spiro atoms. The van der Waals surface area contributed by atoms with Crippen molar-refractivity contribution in [3.8, 4) is 0 Å². The number of carbonyl (C=O) groups is 2. The Morgan fingerprint density at radius 1 is 1.23 bits per heavy atom. The van der Waals surface area contributed by atoms with E-state index in [0.717, 1.165) is 0 Å². The van der Waals surface area contributed by atoms with Crippen molar-refractivity contribution >= 4 is 11.9 Å². The van der Waals surface area contributed by atoms with Gasteiger partial charge in [0.1, 0.15) is 0 Å². The molecular weight excluding hydrogens is 172 g/mol. The number of rotatable bonds is 2. The number of carbonyl (C=O) groups excluding carboxylic acids is 2. The van der Waals surface area contributed by atoms with Gasteiger partial charge in [-0.05, 0) is 21.0 Å². The van der Waals surface area contributed by atoms with Crippen LogP contribution in [0.2, 0.25) is 0 Å². The normalized spacial score (nSPS) is 12.5. The molecule has 0 aromatic heterocycles. The van der Waals surface area contributed by atoms with Crippen molar-refractivity contribution < 1.29 is 14.3 Å². The molecule has 5 nitrogen and oxygen atoms in total. The van der Waals surface area contributed by atoms with Crippen LogP contribution in [0.15, 0.2) is 0 Å². The molecule has 1 amide bonds. The highest BCUT2D eigenvalue weighted by Crippen LogP contribution is 1.99. The van der Waals surface area contributed by atoms with Crippen molar-refractivity contribution in [1.82, 2.24) is 9.80 Å². The number of methoxy groups -OCH3 is 1. The van der Waals surface area contributed by atoms with E-state index in [4.69, 9.17) is 0 Å². The zero-order chi connectivity index (χ0) is 10.6. The lowest BCUT2D eigenvalue weighted by atomic mass is 10.4. The summed E-state index contributed by atoms with van der Waals surface area (Å²) in [4.78, 5) is 25.2. The van der Waals surface area contributed by atoms with Gasteiger partial charge in [0.2, 0.25) is 0 Å². The second kappa shape index (κ2) is 4.81. The number of esters is 1. The van der Waals surface area contributed by atoms with Crippen molar-refractivity contribution in [1.29, 1.82) is 0 Å². The zero-order valence-electron chi connectivity index (χ0n) is 8.70. The van der Waals surface area contributed by atoms with E-state index in [-0.39, 0.29) is 6.17 Å². The van der Waals surface area contributed by atoms with Crippen molar-refractivity contribution in [3.63, 3.8) is 0 Å². The van der Waals surface area contributed by atoms with Gasteiger partial charge in [0.25, 0.3) is 0 Å². The number of likely N-dealkylation sites (N-methyl/N-ethyl adjacent to an activating group) is 1. The van der Waals surface area contributed by atoms with Crippen LogP contribution in [-0.4, -0.2) is 56.1 Å². The Hall–Kier alpha value is -1.10. The van der Waals surface area contributed by atoms with Gasteiger partial charge in [-0.25, -0.2) is 4.79 Å². The van der Waals surface area contributed by atoms with Crippen LogP contribution in [0.25, 0.3) is 0 Å². The van der Waals surface area contributed by atoms with Gasteiger partial charge in [-0.2, -0.15) is 0 Å². The minimum absolute atomic E-state index is 0.133. The Morgan fingerprint density at radius 2 is 1.69 bits per heavy atom. The molecule has 1 unspecified atom stereocenters. The van der Waals surface area contributed by atoms with Gasteiger partial charge in [-0.3, -0.25) is 9.69 Å². The molecule has 0 heterocycles. The maximum Gasteiger partial charge on any atom is 0.396 e. The highest BCUT2D eigenvalue weighted by molar-refractivity contribution is 6.32. The molecule has 0 saturated heterocycles. The van der Waals surface area contributed by atoms with Crippen LogP contribution in [0.5, 0.6) is 0 Å². The molecule has 76 valence electrons. The average Bonchev–Trinajstić information content (AvgIpc) is 2.12. The van der Waals surface area contributed by atoms with Crippen LogP contribution < -0.4 is 0 Å². The van der Waals surface area contributed by atoms with Crippen molar-refractivity contribution in [2.45, 2.75) is 13.1 Å². The van der Waals surface area contributed by atoms with Gasteiger partial charge >= 0.3 is 11.9 Å². The third-order valence-corrected chi connectivity index (χ3v) is 1.99. The van der Waals surface area contributed by atoms with Crippen LogP contribution in [0, 0.1) is 0 Å². The maximum atomic E-state index is 11.2. The molecule has 0 rings (SSSR count). The first-order chi connectivity index (χ1) is 5.91. The third kappa shape index (κ3) is 3.02. The lowest BCUT2D eigenvalue weighted by Gasteiger charge is -2.28. The Labute approximate surface area is 78.3 Å². The summed E-state index contributed by atoms with van der Waals surface area (Å²) in [6.07, 6.45) is -0.133. The first-order valence-corrected chi connectivity index (χ1v) is 3.93. The van der Waals surface area contributed by atoms with Gasteiger partial charge in [0.05, 0.1) is 13.3 Å². The summed E-state index contributed by atoms with van der Waals surface area (Å²) in [5, 5.41) is 0. The Balaban J connectivity index is 4.33. The highest BCUT2D eigenvalue weighted by atomic mass is 16.5. The summed E-state index contributed by atoms with van der Waals surface area (Å²) in [6.45, 7) is 1.82. The van der Waals surface area contributed by atoms with E-state index in [1.807, 2.05) is 25.9 Å². The summed E-state index contributed by atoms with van der Waals surface area (Å²) in [7, 11) is 6.40. The first kappa shape index (κ1) is 11.9. The average molecular weight is 188 g/mol. The smallest absolute Gasteiger partial charge is 0.396 e. The summed E-state index contributed by atoms with van der Waals surface area (Å²) in [5.41, 5.74) is 0. The van der Waals surface area contributed by atoms with Crippen LogP contribution in [0.3, 0.4) is 0 Å². The van der Waals surface area contributed by atoms with Crippen molar-refractivity contribution in [3.05, 3.63) is 0 Å². The van der Waals surface area contributed by atoms with Crippen LogP contribution in [-0.2, 0) is 14.3 Å². The molecule has 13 heavy (non-hydrogen) atoms. The Bertz CT molecular complexity index is 204. The summed E-state index contributed by atoms with van der Waals surface area (Å²) in [6, 6.07) is 0. The van der Waals surface area contributed by atoms with Gasteiger partial charge in [0, 0.05) is 7.05 Å². The van der Waals surface area contributed by atoms with E-state index in [0.29, 0.717) is 0 Å². The molecule has 0 aliphatic heterocycles. The quantitative estimate of drug-likeness (QED) is 0.334. The minimum Gasteiger partial charge on any atom is -0.462 e. The molecule has 0 bridgehead atoms. The third-order valence-electron chi connectivity index (χ3n) is 1.99. The number of ether oxygens (including phenoxy) is 1. The molecule has 0 radical (unpaired) electrons. The SMILES string of the molecule is COC(=O)C(=O)N(C)C(C)N(C)C. The fraction of sp³-hybridized carbons (Fsp3) is 0.750.